The molecule has 0 bridgehead atoms. The van der Waals surface area contributed by atoms with Crippen LogP contribution in [0.2, 0.25) is 5.02 Å². The Hall–Kier alpha value is -3.69. The molecule has 8 nitrogen and oxygen atoms in total. The highest BCUT2D eigenvalue weighted by Crippen LogP contribution is 2.31. The number of amides is 1. The maximum absolute atomic E-state index is 14.0. The van der Waals surface area contributed by atoms with E-state index in [4.69, 9.17) is 16.3 Å². The molecule has 218 valence electrons. The summed E-state index contributed by atoms with van der Waals surface area (Å²) in [6.45, 7) is 10.5. The highest BCUT2D eigenvalue weighted by molar-refractivity contribution is 7.90. The molecule has 0 aliphatic carbocycles. The number of halogens is 1. The maximum Gasteiger partial charge on any atom is 0.407 e. The van der Waals surface area contributed by atoms with E-state index < -0.39 is 21.5 Å². The minimum Gasteiger partial charge on any atom is -0.444 e. The standard InChI is InChI=1S/C31H35ClN2O6S/c1-7-9-21-15-23(32)11-13-24(21)29(36)25-12-10-20(19-41(38,39)8-2)14-26(25)27-18-34(6)28(35)16-22(27)17-33-30(37)40-31(3,4)5/h7,10-16,18H,1,8-9,17,19H2,2-6H3,(H,33,37). The van der Waals surface area contributed by atoms with Gasteiger partial charge in [0.1, 0.15) is 5.60 Å². The largest absolute Gasteiger partial charge is 0.444 e. The van der Waals surface area contributed by atoms with Crippen LogP contribution in [0.4, 0.5) is 4.79 Å². The number of ketones is 1. The Kier molecular flexibility index (Phi) is 9.99. The summed E-state index contributed by atoms with van der Waals surface area (Å²) in [4.78, 5) is 39.1. The first-order chi connectivity index (χ1) is 19.1. The molecule has 0 atom stereocenters. The molecule has 0 aliphatic heterocycles. The lowest BCUT2D eigenvalue weighted by atomic mass is 9.89. The maximum atomic E-state index is 14.0. The number of ether oxygens (including phenoxy) is 1. The fraction of sp³-hybridized carbons (Fsp3) is 0.323. The van der Waals surface area contributed by atoms with Crippen molar-refractivity contribution in [2.45, 2.75) is 52.0 Å². The number of hydrogen-bond acceptors (Lipinski definition) is 6. The van der Waals surface area contributed by atoms with Gasteiger partial charge in [0.05, 0.1) is 5.75 Å². The summed E-state index contributed by atoms with van der Waals surface area (Å²) in [6, 6.07) is 11.2. The molecular weight excluding hydrogens is 564 g/mol. The Balaban J connectivity index is 2.23. The number of carbonyl (C=O) groups excluding carboxylic acids is 2. The fourth-order valence-electron chi connectivity index (χ4n) is 4.25. The molecule has 0 spiro atoms. The van der Waals surface area contributed by atoms with E-state index in [0.717, 1.165) is 0 Å². The predicted octanol–water partition coefficient (Wildman–Crippen LogP) is 5.62. The molecule has 1 aromatic heterocycles. The Morgan fingerprint density at radius 3 is 2.37 bits per heavy atom. The normalized spacial score (nSPS) is 11.7. The fourth-order valence-corrected chi connectivity index (χ4v) is 5.34. The van der Waals surface area contributed by atoms with Crippen LogP contribution in [-0.4, -0.2) is 36.2 Å². The number of alkyl carbamates (subject to hydrolysis) is 1. The number of aryl methyl sites for hydroxylation is 1. The molecule has 10 heteroatoms. The van der Waals surface area contributed by atoms with E-state index in [0.29, 0.717) is 50.4 Å². The SMILES string of the molecule is C=CCc1cc(Cl)ccc1C(=O)c1ccc(CS(=O)(=O)CC)cc1-c1cn(C)c(=O)cc1CNC(=O)OC(C)(C)C. The number of rotatable bonds is 10. The second-order valence-corrected chi connectivity index (χ2v) is 13.5. The molecule has 41 heavy (non-hydrogen) atoms. The highest BCUT2D eigenvalue weighted by atomic mass is 35.5. The highest BCUT2D eigenvalue weighted by Gasteiger charge is 2.23. The van der Waals surface area contributed by atoms with Gasteiger partial charge in [-0.15, -0.1) is 6.58 Å². The third-order valence-corrected chi connectivity index (χ3v) is 8.15. The van der Waals surface area contributed by atoms with Gasteiger partial charge < -0.3 is 14.6 Å². The van der Waals surface area contributed by atoms with Crippen molar-refractivity contribution in [3.63, 3.8) is 0 Å². The Morgan fingerprint density at radius 1 is 1.05 bits per heavy atom. The zero-order chi connectivity index (χ0) is 30.5. The van der Waals surface area contributed by atoms with Gasteiger partial charge in [-0.25, -0.2) is 13.2 Å². The molecule has 0 aliphatic rings. The zero-order valence-corrected chi connectivity index (χ0v) is 25.5. The minimum absolute atomic E-state index is 0.0381. The van der Waals surface area contributed by atoms with Crippen LogP contribution in [0.3, 0.4) is 0 Å². The molecule has 2 aromatic carbocycles. The van der Waals surface area contributed by atoms with Crippen LogP contribution in [0.25, 0.3) is 11.1 Å². The monoisotopic (exact) mass is 598 g/mol. The molecule has 0 saturated heterocycles. The van der Waals surface area contributed by atoms with Gasteiger partial charge in [0.2, 0.25) is 0 Å². The second-order valence-electron chi connectivity index (χ2n) is 10.7. The van der Waals surface area contributed by atoms with Crippen LogP contribution in [-0.2, 0) is 40.3 Å². The van der Waals surface area contributed by atoms with Gasteiger partial charge in [-0.05, 0) is 73.7 Å². The van der Waals surface area contributed by atoms with Crippen LogP contribution < -0.4 is 10.9 Å². The van der Waals surface area contributed by atoms with Crippen LogP contribution in [0.1, 0.15) is 60.3 Å². The van der Waals surface area contributed by atoms with Gasteiger partial charge in [-0.3, -0.25) is 9.59 Å². The number of hydrogen-bond donors (Lipinski definition) is 1. The number of pyridine rings is 1. The van der Waals surface area contributed by atoms with Crippen molar-refractivity contribution in [1.29, 1.82) is 0 Å². The van der Waals surface area contributed by atoms with Gasteiger partial charge >= 0.3 is 6.09 Å². The van der Waals surface area contributed by atoms with Gasteiger partial charge in [0, 0.05) is 53.3 Å². The van der Waals surface area contributed by atoms with Gasteiger partial charge in [0.15, 0.2) is 15.6 Å². The summed E-state index contributed by atoms with van der Waals surface area (Å²) < 4.78 is 31.6. The van der Waals surface area contributed by atoms with Crippen molar-refractivity contribution in [2.24, 2.45) is 7.05 Å². The van der Waals surface area contributed by atoms with Crippen LogP contribution >= 0.6 is 11.6 Å². The topological polar surface area (TPSA) is 112 Å². The van der Waals surface area contributed by atoms with Crippen molar-refractivity contribution < 1.29 is 22.7 Å². The summed E-state index contributed by atoms with van der Waals surface area (Å²) in [5.41, 5.74) is 2.20. The van der Waals surface area contributed by atoms with Crippen molar-refractivity contribution in [3.8, 4) is 11.1 Å². The molecule has 1 N–H and O–H groups in total. The second kappa shape index (κ2) is 12.9. The minimum atomic E-state index is -3.38. The predicted molar refractivity (Wildman–Crippen MR) is 162 cm³/mol. The number of benzene rings is 2. The average Bonchev–Trinajstić information content (AvgIpc) is 2.88. The van der Waals surface area contributed by atoms with E-state index >= 15 is 0 Å². The quantitative estimate of drug-likeness (QED) is 0.239. The smallest absolute Gasteiger partial charge is 0.407 e. The average molecular weight is 599 g/mol. The Bertz CT molecular complexity index is 1650. The van der Waals surface area contributed by atoms with E-state index in [1.807, 2.05) is 0 Å². The first-order valence-corrected chi connectivity index (χ1v) is 15.3. The molecular formula is C31H35ClN2O6S. The lowest BCUT2D eigenvalue weighted by molar-refractivity contribution is 0.0523. The van der Waals surface area contributed by atoms with Gasteiger partial charge in [0.25, 0.3) is 5.56 Å². The van der Waals surface area contributed by atoms with E-state index in [-0.39, 0.29) is 29.4 Å². The van der Waals surface area contributed by atoms with Crippen molar-refractivity contribution in [1.82, 2.24) is 9.88 Å². The molecule has 1 amide bonds. The molecule has 0 unspecified atom stereocenters. The number of carbonyl (C=O) groups is 2. The molecule has 0 fully saturated rings. The van der Waals surface area contributed by atoms with Crippen molar-refractivity contribution in [3.05, 3.63) is 105 Å². The summed E-state index contributed by atoms with van der Waals surface area (Å²) in [5.74, 6) is -0.563. The third kappa shape index (κ3) is 8.41. The van der Waals surface area contributed by atoms with Crippen LogP contribution in [0.15, 0.2) is 66.1 Å². The summed E-state index contributed by atoms with van der Waals surface area (Å²) in [7, 11) is -1.80. The zero-order valence-electron chi connectivity index (χ0n) is 23.9. The molecule has 3 rings (SSSR count). The first-order valence-electron chi connectivity index (χ1n) is 13.1. The summed E-state index contributed by atoms with van der Waals surface area (Å²) in [5, 5.41) is 3.15. The molecule has 0 radical (unpaired) electrons. The Morgan fingerprint density at radius 2 is 1.73 bits per heavy atom. The van der Waals surface area contributed by atoms with E-state index in [1.165, 1.54) is 10.6 Å². The van der Waals surface area contributed by atoms with Gasteiger partial charge in [-0.1, -0.05) is 36.7 Å². The molecule has 3 aromatic rings. The summed E-state index contributed by atoms with van der Waals surface area (Å²) in [6.07, 6.45) is 2.99. The lowest BCUT2D eigenvalue weighted by Gasteiger charge is -2.21. The molecule has 0 saturated carbocycles. The number of aromatic nitrogens is 1. The molecule has 1 heterocycles. The summed E-state index contributed by atoms with van der Waals surface area (Å²) >= 11 is 6.20. The van der Waals surface area contributed by atoms with E-state index in [1.54, 1.807) is 83.4 Å². The van der Waals surface area contributed by atoms with Crippen molar-refractivity contribution in [2.75, 3.05) is 5.75 Å². The van der Waals surface area contributed by atoms with Crippen LogP contribution in [0.5, 0.6) is 0 Å². The number of sulfone groups is 1. The van der Waals surface area contributed by atoms with E-state index in [9.17, 15) is 22.8 Å². The number of nitrogens with one attached hydrogen (secondary N) is 1. The number of allylic oxidation sites excluding steroid dienone is 1. The van der Waals surface area contributed by atoms with Crippen molar-refractivity contribution >= 4 is 33.3 Å². The van der Waals surface area contributed by atoms with E-state index in [2.05, 4.69) is 11.9 Å². The van der Waals surface area contributed by atoms with Crippen LogP contribution in [0, 0.1) is 0 Å². The number of nitrogens with zero attached hydrogens (tertiary/aromatic N) is 1. The third-order valence-electron chi connectivity index (χ3n) is 6.26. The first kappa shape index (κ1) is 31.8. The Labute approximate surface area is 245 Å². The lowest BCUT2D eigenvalue weighted by Crippen LogP contribution is -2.32. The van der Waals surface area contributed by atoms with Gasteiger partial charge in [-0.2, -0.15) is 0 Å².